The average molecular weight is 753 g/mol. The third-order valence-corrected chi connectivity index (χ3v) is 17.9. The van der Waals surface area contributed by atoms with Gasteiger partial charge in [0.05, 0.1) is 12.2 Å². The minimum absolute atomic E-state index is 0.0411. The Morgan fingerprint density at radius 3 is 2.04 bits per heavy atom. The summed E-state index contributed by atoms with van der Waals surface area (Å²) in [5, 5.41) is 20.7. The highest BCUT2D eigenvalue weighted by atomic mass is 31.2. The molecule has 5 fully saturated rings. The van der Waals surface area contributed by atoms with Crippen molar-refractivity contribution >= 4 is 7.60 Å². The first-order chi connectivity index (χ1) is 24.7. The lowest BCUT2D eigenvalue weighted by atomic mass is 9.44. The SMILES string of the molecule is CCCCCCCCCCCCCC(C)C(O)[C@H]1OC(OC2(P(=O)(O)O)CC[C@@]3(C)C(CCC4C3CC[C@@]3(C)C4CC[C@@H]3[C@H](C)CCC)C2)C[C@@H]1O. The number of hydrogen-bond acceptors (Lipinski definition) is 5. The van der Waals surface area contributed by atoms with Crippen LogP contribution in [0.1, 0.15) is 196 Å². The Kier molecular flexibility index (Phi) is 15.3. The number of aliphatic hydroxyl groups is 2. The normalized spacial score (nSPS) is 40.9. The minimum atomic E-state index is -4.67. The molecule has 0 aromatic heterocycles. The van der Waals surface area contributed by atoms with Crippen molar-refractivity contribution in [3.8, 4) is 0 Å². The Morgan fingerprint density at radius 2 is 1.40 bits per heavy atom. The first kappa shape index (κ1) is 43.1. The number of fused-ring (bicyclic) bond motifs is 5. The van der Waals surface area contributed by atoms with Gasteiger partial charge in [0.25, 0.3) is 0 Å². The topological polar surface area (TPSA) is 116 Å². The van der Waals surface area contributed by atoms with Gasteiger partial charge in [-0.05, 0) is 116 Å². The molecule has 7 nitrogen and oxygen atoms in total. The number of unbranched alkanes of at least 4 members (excludes halogenated alkanes) is 10. The summed E-state index contributed by atoms with van der Waals surface area (Å²) in [6, 6.07) is 0. The van der Waals surface area contributed by atoms with Crippen molar-refractivity contribution in [2.45, 2.75) is 226 Å². The van der Waals surface area contributed by atoms with E-state index in [-0.39, 0.29) is 23.7 Å². The summed E-state index contributed by atoms with van der Waals surface area (Å²) >= 11 is 0. The Morgan fingerprint density at radius 1 is 0.769 bits per heavy atom. The highest BCUT2D eigenvalue weighted by molar-refractivity contribution is 7.53. The van der Waals surface area contributed by atoms with E-state index in [2.05, 4.69) is 34.6 Å². The second-order valence-electron chi connectivity index (χ2n) is 19.6. The van der Waals surface area contributed by atoms with Crippen LogP contribution in [0.3, 0.4) is 0 Å². The predicted octanol–water partition coefficient (Wildman–Crippen LogP) is 11.1. The third kappa shape index (κ3) is 9.23. The standard InChI is InChI=1S/C44H81O7P/c1-7-9-10-11-12-13-14-15-16-17-18-20-32(4)40(46)41-38(45)29-39(50-41)51-44(52(47,48)49)28-27-42(5)33(30-44)21-22-34-36-24-23-35(31(3)19-8-2)43(36,6)26-25-37(34)42/h31-41,45-46H,7-30H2,1-6H3,(H2,47,48,49)/t31-,32?,33?,34?,35-,36?,37?,38+,39?,40?,41+,42+,43-,44?/m1/s1. The molecule has 4 N–H and O–H groups in total. The van der Waals surface area contributed by atoms with Gasteiger partial charge in [-0.2, -0.15) is 0 Å². The van der Waals surface area contributed by atoms with Gasteiger partial charge in [0, 0.05) is 6.42 Å². The second-order valence-corrected chi connectivity index (χ2v) is 21.5. The Hall–Kier alpha value is -0.0100. The number of rotatable bonds is 20. The molecule has 0 aromatic carbocycles. The highest BCUT2D eigenvalue weighted by Crippen LogP contribution is 2.72. The van der Waals surface area contributed by atoms with Crippen molar-refractivity contribution in [3.63, 3.8) is 0 Å². The van der Waals surface area contributed by atoms with Crippen molar-refractivity contribution in [1.29, 1.82) is 0 Å². The quantitative estimate of drug-likeness (QED) is 0.0722. The molecule has 0 radical (unpaired) electrons. The zero-order valence-electron chi connectivity index (χ0n) is 34.3. The molecule has 0 spiro atoms. The van der Waals surface area contributed by atoms with Crippen LogP contribution in [0.5, 0.6) is 0 Å². The molecule has 1 saturated heterocycles. The molecule has 5 rings (SSSR count). The maximum absolute atomic E-state index is 13.4. The Balaban J connectivity index is 1.12. The van der Waals surface area contributed by atoms with Crippen LogP contribution < -0.4 is 0 Å². The van der Waals surface area contributed by atoms with Gasteiger partial charge in [-0.15, -0.1) is 0 Å². The molecule has 8 heteroatoms. The molecular weight excluding hydrogens is 671 g/mol. The first-order valence-electron chi connectivity index (χ1n) is 22.5. The molecular formula is C44H81O7P. The zero-order chi connectivity index (χ0) is 37.7. The summed E-state index contributed by atoms with van der Waals surface area (Å²) in [7, 11) is -4.67. The van der Waals surface area contributed by atoms with Crippen molar-refractivity contribution in [1.82, 2.24) is 0 Å². The molecule has 4 saturated carbocycles. The molecule has 0 amide bonds. The summed E-state index contributed by atoms with van der Waals surface area (Å²) in [5.41, 5.74) is 0.483. The van der Waals surface area contributed by atoms with Gasteiger partial charge in [0.15, 0.2) is 11.6 Å². The lowest BCUT2D eigenvalue weighted by Crippen LogP contribution is -2.56. The number of hydrogen-bond donors (Lipinski definition) is 4. The fourth-order valence-corrected chi connectivity index (χ4v) is 14.3. The molecule has 0 aromatic rings. The van der Waals surface area contributed by atoms with Crippen LogP contribution in [0.25, 0.3) is 0 Å². The van der Waals surface area contributed by atoms with Gasteiger partial charge in [0.2, 0.25) is 0 Å². The molecule has 14 atom stereocenters. The largest absolute Gasteiger partial charge is 0.390 e. The molecule has 1 aliphatic heterocycles. The van der Waals surface area contributed by atoms with Crippen molar-refractivity contribution in [2.24, 2.45) is 52.3 Å². The van der Waals surface area contributed by atoms with E-state index in [4.69, 9.17) is 9.47 Å². The van der Waals surface area contributed by atoms with E-state index in [1.165, 1.54) is 96.3 Å². The van der Waals surface area contributed by atoms with Gasteiger partial charge in [-0.25, -0.2) is 0 Å². The molecule has 8 unspecified atom stereocenters. The van der Waals surface area contributed by atoms with Gasteiger partial charge < -0.3 is 29.5 Å². The third-order valence-electron chi connectivity index (χ3n) is 16.4. The highest BCUT2D eigenvalue weighted by Gasteiger charge is 2.65. The average Bonchev–Trinajstić information content (AvgIpc) is 3.65. The van der Waals surface area contributed by atoms with Crippen LogP contribution in [0.15, 0.2) is 0 Å². The fourth-order valence-electron chi connectivity index (χ4n) is 13.2. The molecule has 5 aliphatic rings. The van der Waals surface area contributed by atoms with Crippen molar-refractivity contribution in [2.75, 3.05) is 0 Å². The summed E-state index contributed by atoms with van der Waals surface area (Å²) in [6.45, 7) is 14.1. The van der Waals surface area contributed by atoms with E-state index in [9.17, 15) is 24.6 Å². The molecule has 1 heterocycles. The van der Waals surface area contributed by atoms with Crippen LogP contribution >= 0.6 is 7.60 Å². The van der Waals surface area contributed by atoms with E-state index < -0.39 is 37.5 Å². The maximum Gasteiger partial charge on any atom is 0.357 e. The van der Waals surface area contributed by atoms with E-state index in [0.29, 0.717) is 30.1 Å². The Bertz CT molecular complexity index is 1150. The lowest BCUT2D eigenvalue weighted by Gasteiger charge is -2.62. The molecule has 4 aliphatic carbocycles. The van der Waals surface area contributed by atoms with Crippen molar-refractivity contribution < 1.29 is 34.0 Å². The number of aliphatic hydroxyl groups excluding tert-OH is 2. The second kappa shape index (κ2) is 18.5. The summed E-state index contributed by atoms with van der Waals surface area (Å²) < 4.78 is 26.0. The first-order valence-corrected chi connectivity index (χ1v) is 24.1. The van der Waals surface area contributed by atoms with Gasteiger partial charge in [-0.3, -0.25) is 4.57 Å². The van der Waals surface area contributed by atoms with E-state index in [1.54, 1.807) is 0 Å². The molecule has 0 bridgehead atoms. The molecule has 52 heavy (non-hydrogen) atoms. The monoisotopic (exact) mass is 753 g/mol. The van der Waals surface area contributed by atoms with E-state index in [1.807, 2.05) is 6.92 Å². The van der Waals surface area contributed by atoms with Gasteiger partial charge in [0.1, 0.15) is 6.10 Å². The Labute approximate surface area is 318 Å². The lowest BCUT2D eigenvalue weighted by molar-refractivity contribution is -0.224. The zero-order valence-corrected chi connectivity index (χ0v) is 35.2. The van der Waals surface area contributed by atoms with E-state index in [0.717, 1.165) is 56.3 Å². The van der Waals surface area contributed by atoms with Crippen molar-refractivity contribution in [3.05, 3.63) is 0 Å². The van der Waals surface area contributed by atoms with Gasteiger partial charge in [-0.1, -0.05) is 125 Å². The summed E-state index contributed by atoms with van der Waals surface area (Å²) in [4.78, 5) is 21.8. The minimum Gasteiger partial charge on any atom is -0.390 e. The fraction of sp³-hybridized carbons (Fsp3) is 1.00. The van der Waals surface area contributed by atoms with Crippen LogP contribution in [-0.4, -0.2) is 49.9 Å². The van der Waals surface area contributed by atoms with Crippen LogP contribution in [-0.2, 0) is 14.0 Å². The maximum atomic E-state index is 13.4. The predicted molar refractivity (Wildman–Crippen MR) is 211 cm³/mol. The van der Waals surface area contributed by atoms with Crippen LogP contribution in [0.4, 0.5) is 0 Å². The summed E-state index contributed by atoms with van der Waals surface area (Å²) in [5.74, 6) is 3.84. The van der Waals surface area contributed by atoms with Crippen LogP contribution in [0.2, 0.25) is 0 Å². The number of ether oxygens (including phenoxy) is 2. The van der Waals surface area contributed by atoms with Crippen LogP contribution in [0, 0.1) is 52.3 Å². The van der Waals surface area contributed by atoms with Gasteiger partial charge >= 0.3 is 7.60 Å². The smallest absolute Gasteiger partial charge is 0.357 e. The molecule has 304 valence electrons. The van der Waals surface area contributed by atoms with E-state index >= 15 is 0 Å². The summed E-state index contributed by atoms with van der Waals surface area (Å²) in [6.07, 6.45) is 22.9.